The molecule has 1 saturated heterocycles. The maximum Gasteiger partial charge on any atom is 0.243 e. The first-order chi connectivity index (χ1) is 13.1. The number of benzene rings is 2. The number of nitrogens with zero attached hydrogens (tertiary/aromatic N) is 2. The number of sulfonamides is 1. The summed E-state index contributed by atoms with van der Waals surface area (Å²) in [5, 5.41) is 0. The normalized spacial score (nSPS) is 21.9. The molecule has 27 heavy (non-hydrogen) atoms. The minimum absolute atomic E-state index is 0.0575. The second-order valence-corrected chi connectivity index (χ2v) is 9.25. The third-order valence-corrected chi connectivity index (χ3v) is 7.43. The predicted octanol–water partition coefficient (Wildman–Crippen LogP) is 2.78. The number of piperazine rings is 1. The van der Waals surface area contributed by atoms with E-state index in [1.807, 2.05) is 18.2 Å². The van der Waals surface area contributed by atoms with Crippen LogP contribution in [0.3, 0.4) is 0 Å². The molecule has 1 aliphatic carbocycles. The lowest BCUT2D eigenvalue weighted by Gasteiger charge is -2.41. The van der Waals surface area contributed by atoms with Gasteiger partial charge >= 0.3 is 0 Å². The summed E-state index contributed by atoms with van der Waals surface area (Å²) in [6, 6.07) is 17.5. The van der Waals surface area contributed by atoms with Crippen LogP contribution in [0.4, 0.5) is 0 Å². The van der Waals surface area contributed by atoms with Crippen molar-refractivity contribution in [2.45, 2.75) is 36.2 Å². The van der Waals surface area contributed by atoms with Gasteiger partial charge in [0.1, 0.15) is 5.75 Å². The maximum absolute atomic E-state index is 13.4. The van der Waals surface area contributed by atoms with Gasteiger partial charge in [-0.1, -0.05) is 36.4 Å². The van der Waals surface area contributed by atoms with Gasteiger partial charge in [-0.2, -0.15) is 4.31 Å². The zero-order chi connectivity index (χ0) is 18.9. The molecule has 0 spiro atoms. The van der Waals surface area contributed by atoms with Crippen LogP contribution in [0.5, 0.6) is 5.75 Å². The quantitative estimate of drug-likeness (QED) is 0.766. The average molecular weight is 387 g/mol. The molecule has 0 radical (unpaired) electrons. The van der Waals surface area contributed by atoms with Crippen molar-refractivity contribution in [3.63, 3.8) is 0 Å². The number of hydrogen-bond acceptors (Lipinski definition) is 4. The fourth-order valence-electron chi connectivity index (χ4n) is 3.90. The highest BCUT2D eigenvalue weighted by Gasteiger charge is 2.40. The first kappa shape index (κ1) is 18.5. The molecule has 1 atom stereocenters. The van der Waals surface area contributed by atoms with Gasteiger partial charge in [-0.15, -0.1) is 0 Å². The van der Waals surface area contributed by atoms with E-state index in [1.54, 1.807) is 35.7 Å². The van der Waals surface area contributed by atoms with Crippen molar-refractivity contribution < 1.29 is 13.2 Å². The van der Waals surface area contributed by atoms with E-state index in [1.165, 1.54) is 18.4 Å². The summed E-state index contributed by atoms with van der Waals surface area (Å²) in [4.78, 5) is 2.77. The lowest BCUT2D eigenvalue weighted by molar-refractivity contribution is 0.128. The van der Waals surface area contributed by atoms with E-state index >= 15 is 0 Å². The van der Waals surface area contributed by atoms with Gasteiger partial charge in [0, 0.05) is 37.8 Å². The molecule has 0 aromatic heterocycles. The van der Waals surface area contributed by atoms with Crippen molar-refractivity contribution in [3.05, 3.63) is 60.2 Å². The highest BCUT2D eigenvalue weighted by Crippen LogP contribution is 2.32. The predicted molar refractivity (Wildman–Crippen MR) is 105 cm³/mol. The molecule has 0 amide bonds. The SMILES string of the molecule is COc1cccc(S(=O)(=O)N2CCN(C3CC3)CC2Cc2ccccc2)c1. The monoisotopic (exact) mass is 386 g/mol. The smallest absolute Gasteiger partial charge is 0.243 e. The minimum atomic E-state index is -3.57. The molecule has 6 heteroatoms. The molecule has 1 unspecified atom stereocenters. The largest absolute Gasteiger partial charge is 0.497 e. The topological polar surface area (TPSA) is 49.9 Å². The van der Waals surface area contributed by atoms with Crippen molar-refractivity contribution in [2.75, 3.05) is 26.7 Å². The van der Waals surface area contributed by atoms with E-state index in [0.29, 0.717) is 23.2 Å². The first-order valence-corrected chi connectivity index (χ1v) is 11.0. The molecule has 2 aromatic carbocycles. The van der Waals surface area contributed by atoms with Gasteiger partial charge in [0.25, 0.3) is 0 Å². The van der Waals surface area contributed by atoms with Crippen molar-refractivity contribution in [1.29, 1.82) is 0 Å². The van der Waals surface area contributed by atoms with Gasteiger partial charge in [0.05, 0.1) is 12.0 Å². The number of rotatable bonds is 6. The molecule has 5 nitrogen and oxygen atoms in total. The zero-order valence-corrected chi connectivity index (χ0v) is 16.4. The summed E-state index contributed by atoms with van der Waals surface area (Å²) in [7, 11) is -2.01. The van der Waals surface area contributed by atoms with Crippen LogP contribution in [0.2, 0.25) is 0 Å². The molecular formula is C21H26N2O3S. The Morgan fingerprint density at radius 3 is 2.52 bits per heavy atom. The highest BCUT2D eigenvalue weighted by molar-refractivity contribution is 7.89. The van der Waals surface area contributed by atoms with Crippen LogP contribution in [0.1, 0.15) is 18.4 Å². The Bertz CT molecular complexity index is 881. The Kier molecular flexibility index (Phi) is 5.21. The van der Waals surface area contributed by atoms with E-state index < -0.39 is 10.0 Å². The van der Waals surface area contributed by atoms with Crippen LogP contribution in [0, 0.1) is 0 Å². The molecule has 2 aromatic rings. The number of ether oxygens (including phenoxy) is 1. The molecule has 1 aliphatic heterocycles. The van der Waals surface area contributed by atoms with Gasteiger partial charge in [0.15, 0.2) is 0 Å². The number of methoxy groups -OCH3 is 1. The van der Waals surface area contributed by atoms with E-state index in [2.05, 4.69) is 17.0 Å². The highest BCUT2D eigenvalue weighted by atomic mass is 32.2. The molecule has 0 N–H and O–H groups in total. The Labute approximate surface area is 161 Å². The Morgan fingerprint density at radius 1 is 1.04 bits per heavy atom. The van der Waals surface area contributed by atoms with E-state index in [0.717, 1.165) is 19.5 Å². The summed E-state index contributed by atoms with van der Waals surface area (Å²) < 4.78 is 33.7. The Hall–Kier alpha value is -1.89. The summed E-state index contributed by atoms with van der Waals surface area (Å²) >= 11 is 0. The van der Waals surface area contributed by atoms with Gasteiger partial charge in [-0.3, -0.25) is 4.90 Å². The molecule has 0 bridgehead atoms. The van der Waals surface area contributed by atoms with Gasteiger partial charge in [-0.05, 0) is 37.0 Å². The summed E-state index contributed by atoms with van der Waals surface area (Å²) in [5.74, 6) is 0.562. The van der Waals surface area contributed by atoms with E-state index in [-0.39, 0.29) is 6.04 Å². The van der Waals surface area contributed by atoms with Crippen molar-refractivity contribution in [1.82, 2.24) is 9.21 Å². The second-order valence-electron chi connectivity index (χ2n) is 7.36. The molecule has 2 fully saturated rings. The number of hydrogen-bond donors (Lipinski definition) is 0. The lowest BCUT2D eigenvalue weighted by Crippen LogP contribution is -2.56. The van der Waals surface area contributed by atoms with Crippen molar-refractivity contribution in [2.24, 2.45) is 0 Å². The van der Waals surface area contributed by atoms with Crippen LogP contribution in [0.15, 0.2) is 59.5 Å². The first-order valence-electron chi connectivity index (χ1n) is 9.52. The Morgan fingerprint density at radius 2 is 1.81 bits per heavy atom. The van der Waals surface area contributed by atoms with Crippen LogP contribution in [-0.2, 0) is 16.4 Å². The molecule has 1 saturated carbocycles. The fraction of sp³-hybridized carbons (Fsp3) is 0.429. The summed E-state index contributed by atoms with van der Waals surface area (Å²) in [5.41, 5.74) is 1.17. The van der Waals surface area contributed by atoms with Crippen molar-refractivity contribution in [3.8, 4) is 5.75 Å². The molecule has 1 heterocycles. The maximum atomic E-state index is 13.4. The third kappa shape index (κ3) is 4.03. The molecular weight excluding hydrogens is 360 g/mol. The molecule has 4 rings (SSSR count). The van der Waals surface area contributed by atoms with E-state index in [4.69, 9.17) is 4.74 Å². The summed E-state index contributed by atoms with van der Waals surface area (Å²) in [6.07, 6.45) is 3.20. The molecule has 144 valence electrons. The average Bonchev–Trinajstić information content (AvgIpc) is 3.54. The van der Waals surface area contributed by atoms with Crippen LogP contribution >= 0.6 is 0 Å². The van der Waals surface area contributed by atoms with Gasteiger partial charge in [-0.25, -0.2) is 8.42 Å². The van der Waals surface area contributed by atoms with Crippen molar-refractivity contribution >= 4 is 10.0 Å². The second kappa shape index (κ2) is 7.62. The zero-order valence-electron chi connectivity index (χ0n) is 15.6. The van der Waals surface area contributed by atoms with Crippen LogP contribution in [0.25, 0.3) is 0 Å². The molecule has 2 aliphatic rings. The van der Waals surface area contributed by atoms with Gasteiger partial charge < -0.3 is 4.74 Å². The van der Waals surface area contributed by atoms with Crippen LogP contribution in [-0.4, -0.2) is 56.5 Å². The fourth-order valence-corrected chi connectivity index (χ4v) is 5.54. The van der Waals surface area contributed by atoms with Crippen LogP contribution < -0.4 is 4.74 Å². The minimum Gasteiger partial charge on any atom is -0.497 e. The lowest BCUT2D eigenvalue weighted by atomic mass is 10.0. The van der Waals surface area contributed by atoms with E-state index in [9.17, 15) is 8.42 Å². The summed E-state index contributed by atoms with van der Waals surface area (Å²) in [6.45, 7) is 2.13. The third-order valence-electron chi connectivity index (χ3n) is 5.49. The Balaban J connectivity index is 1.63. The standard InChI is InChI=1S/C21H26N2O3S/c1-26-20-8-5-9-21(15-20)27(24,25)23-13-12-22(18-10-11-18)16-19(23)14-17-6-3-2-4-7-17/h2-9,15,18-19H,10-14,16H2,1H3. The van der Waals surface area contributed by atoms with Gasteiger partial charge in [0.2, 0.25) is 10.0 Å².